The normalized spacial score (nSPS) is 12.9. The molecule has 3 rings (SSSR count). The van der Waals surface area contributed by atoms with Gasteiger partial charge in [0.2, 0.25) is 0 Å². The molecule has 27 heavy (non-hydrogen) atoms. The number of hydrogen-bond acceptors (Lipinski definition) is 6. The van der Waals surface area contributed by atoms with Crippen LogP contribution in [-0.4, -0.2) is 48.6 Å². The van der Waals surface area contributed by atoms with Crippen molar-refractivity contribution >= 4 is 41.0 Å². The van der Waals surface area contributed by atoms with Crippen LogP contribution >= 0.6 is 23.4 Å². The zero-order valence-electron chi connectivity index (χ0n) is 14.8. The number of anilines is 1. The number of rotatable bonds is 6. The Balaban J connectivity index is 1.80. The molecule has 10 heteroatoms. The summed E-state index contributed by atoms with van der Waals surface area (Å²) in [5.41, 5.74) is 2.50. The number of thioether (sulfide) groups is 1. The van der Waals surface area contributed by atoms with Crippen LogP contribution in [0.2, 0.25) is 5.02 Å². The summed E-state index contributed by atoms with van der Waals surface area (Å²) < 4.78 is 11.6. The summed E-state index contributed by atoms with van der Waals surface area (Å²) >= 11 is 7.78. The molecule has 0 spiro atoms. The molecule has 0 fully saturated rings. The maximum absolute atomic E-state index is 12.4. The molecule has 0 bridgehead atoms. The highest BCUT2D eigenvalue weighted by Crippen LogP contribution is 2.36. The third-order valence-electron chi connectivity index (χ3n) is 4.00. The Bertz CT molecular complexity index is 853. The van der Waals surface area contributed by atoms with Crippen LogP contribution in [0.5, 0.6) is 0 Å². The van der Waals surface area contributed by atoms with Crippen molar-refractivity contribution in [3.8, 4) is 5.69 Å². The molecule has 2 heterocycles. The number of aromatic nitrogens is 2. The Labute approximate surface area is 165 Å². The van der Waals surface area contributed by atoms with Gasteiger partial charge in [-0.1, -0.05) is 17.7 Å². The summed E-state index contributed by atoms with van der Waals surface area (Å²) in [5, 5.41) is 10.3. The Morgan fingerprint density at radius 3 is 2.78 bits per heavy atom. The van der Waals surface area contributed by atoms with Crippen LogP contribution in [-0.2, 0) is 30.6 Å². The molecular weight excluding hydrogens is 392 g/mol. The fraction of sp³-hybridized carbons (Fsp3) is 0.353. The van der Waals surface area contributed by atoms with Gasteiger partial charge in [-0.15, -0.1) is 0 Å². The molecule has 0 saturated heterocycles. The first-order valence-electron chi connectivity index (χ1n) is 8.12. The van der Waals surface area contributed by atoms with Crippen LogP contribution in [0, 0.1) is 0 Å². The van der Waals surface area contributed by atoms with E-state index in [0.717, 1.165) is 17.0 Å². The number of amides is 2. The maximum Gasteiger partial charge on any atom is 0.314 e. The molecule has 0 radical (unpaired) electrons. The third-order valence-corrected chi connectivity index (χ3v) is 5.20. The summed E-state index contributed by atoms with van der Waals surface area (Å²) in [5.74, 6) is 0.368. The molecule has 2 aromatic rings. The van der Waals surface area contributed by atoms with Crippen LogP contribution in [0.15, 0.2) is 24.3 Å². The second-order valence-corrected chi connectivity index (χ2v) is 7.15. The van der Waals surface area contributed by atoms with E-state index >= 15 is 0 Å². The van der Waals surface area contributed by atoms with E-state index < -0.39 is 18.1 Å². The van der Waals surface area contributed by atoms with Crippen molar-refractivity contribution in [1.82, 2.24) is 15.1 Å². The first kappa shape index (κ1) is 19.7. The number of carbonyl (C=O) groups excluding carboxylic acids is 2. The lowest BCUT2D eigenvalue weighted by atomic mass is 10.2. The van der Waals surface area contributed by atoms with Gasteiger partial charge in [-0.05, 0) is 18.2 Å². The third kappa shape index (κ3) is 4.44. The number of nitrogens with one attached hydrogen (secondary N) is 2. The zero-order valence-corrected chi connectivity index (χ0v) is 16.4. The minimum absolute atomic E-state index is 0.0563. The molecule has 1 aromatic carbocycles. The van der Waals surface area contributed by atoms with Crippen LogP contribution < -0.4 is 10.6 Å². The van der Waals surface area contributed by atoms with Gasteiger partial charge in [0.1, 0.15) is 5.82 Å². The van der Waals surface area contributed by atoms with Crippen LogP contribution in [0.25, 0.3) is 5.69 Å². The van der Waals surface area contributed by atoms with Gasteiger partial charge >= 0.3 is 11.8 Å². The molecule has 8 nitrogen and oxygen atoms in total. The van der Waals surface area contributed by atoms with Crippen LogP contribution in [0.4, 0.5) is 5.82 Å². The smallest absolute Gasteiger partial charge is 0.314 e. The van der Waals surface area contributed by atoms with Gasteiger partial charge in [0.05, 0.1) is 17.9 Å². The standard InChI is InChI=1S/C17H19ClN4O4S/c1-25-14(26-2)7-19-16(23)17(24)20-15-12-8-27-9-13(12)21-22(15)11-5-3-4-10(18)6-11/h3-6,14H,7-9H2,1-2H3,(H,19,23)(H,20,24). The molecule has 0 unspecified atom stereocenters. The summed E-state index contributed by atoms with van der Waals surface area (Å²) in [6.07, 6.45) is -0.626. The number of carbonyl (C=O) groups is 2. The highest BCUT2D eigenvalue weighted by Gasteiger charge is 2.26. The van der Waals surface area contributed by atoms with Gasteiger partial charge in [-0.3, -0.25) is 9.59 Å². The molecule has 1 aromatic heterocycles. The average molecular weight is 411 g/mol. The van der Waals surface area contributed by atoms with Gasteiger partial charge in [0, 0.05) is 36.3 Å². The number of nitrogens with zero attached hydrogens (tertiary/aromatic N) is 2. The topological polar surface area (TPSA) is 94.5 Å². The molecular formula is C17H19ClN4O4S. The van der Waals surface area contributed by atoms with Crippen molar-refractivity contribution < 1.29 is 19.1 Å². The number of benzene rings is 1. The predicted molar refractivity (Wildman–Crippen MR) is 103 cm³/mol. The van der Waals surface area contributed by atoms with Crippen molar-refractivity contribution in [3.63, 3.8) is 0 Å². The lowest BCUT2D eigenvalue weighted by molar-refractivity contribution is -0.139. The Hall–Kier alpha value is -2.07. The number of ether oxygens (including phenoxy) is 2. The van der Waals surface area contributed by atoms with Gasteiger partial charge < -0.3 is 20.1 Å². The van der Waals surface area contributed by atoms with Gasteiger partial charge in [0.15, 0.2) is 6.29 Å². The fourth-order valence-corrected chi connectivity index (χ4v) is 3.84. The Morgan fingerprint density at radius 2 is 2.07 bits per heavy atom. The minimum atomic E-state index is -0.788. The SMILES string of the molecule is COC(CNC(=O)C(=O)Nc1c2c(nn1-c1cccc(Cl)c1)CSC2)OC. The second-order valence-electron chi connectivity index (χ2n) is 5.72. The first-order valence-corrected chi connectivity index (χ1v) is 9.66. The highest BCUT2D eigenvalue weighted by molar-refractivity contribution is 7.98. The first-order chi connectivity index (χ1) is 13.0. The van der Waals surface area contributed by atoms with Crippen LogP contribution in [0.3, 0.4) is 0 Å². The minimum Gasteiger partial charge on any atom is -0.354 e. The average Bonchev–Trinajstić information content (AvgIpc) is 3.25. The molecule has 0 aliphatic carbocycles. The molecule has 2 amide bonds. The zero-order chi connectivity index (χ0) is 19.4. The number of fused-ring (bicyclic) bond motifs is 1. The van der Waals surface area contributed by atoms with E-state index in [1.807, 2.05) is 6.07 Å². The summed E-state index contributed by atoms with van der Waals surface area (Å²) in [6, 6.07) is 7.13. The molecule has 2 N–H and O–H groups in total. The van der Waals surface area contributed by atoms with E-state index in [4.69, 9.17) is 21.1 Å². The maximum atomic E-state index is 12.4. The Morgan fingerprint density at radius 1 is 1.30 bits per heavy atom. The lowest BCUT2D eigenvalue weighted by Crippen LogP contribution is -2.40. The van der Waals surface area contributed by atoms with E-state index in [0.29, 0.717) is 22.3 Å². The Kier molecular flexibility index (Phi) is 6.38. The van der Waals surface area contributed by atoms with Crippen molar-refractivity contribution in [3.05, 3.63) is 40.5 Å². The molecule has 144 valence electrons. The number of hydrogen-bond donors (Lipinski definition) is 2. The molecule has 1 aliphatic heterocycles. The lowest BCUT2D eigenvalue weighted by Gasteiger charge is -2.14. The quantitative estimate of drug-likeness (QED) is 0.558. The van der Waals surface area contributed by atoms with E-state index in [-0.39, 0.29) is 6.54 Å². The fourth-order valence-electron chi connectivity index (χ4n) is 2.62. The monoisotopic (exact) mass is 410 g/mol. The van der Waals surface area contributed by atoms with Gasteiger partial charge in [-0.25, -0.2) is 4.68 Å². The van der Waals surface area contributed by atoms with Crippen molar-refractivity contribution in [2.75, 3.05) is 26.1 Å². The highest BCUT2D eigenvalue weighted by atomic mass is 35.5. The molecule has 0 atom stereocenters. The van der Waals surface area contributed by atoms with E-state index in [9.17, 15) is 9.59 Å². The molecule has 1 aliphatic rings. The second kappa shape index (κ2) is 8.75. The van der Waals surface area contributed by atoms with Crippen molar-refractivity contribution in [1.29, 1.82) is 0 Å². The summed E-state index contributed by atoms with van der Waals surface area (Å²) in [7, 11) is 2.90. The van der Waals surface area contributed by atoms with Crippen LogP contribution in [0.1, 0.15) is 11.3 Å². The molecule has 0 saturated carbocycles. The summed E-state index contributed by atoms with van der Waals surface area (Å²) in [4.78, 5) is 24.5. The van der Waals surface area contributed by atoms with Gasteiger partial charge in [-0.2, -0.15) is 16.9 Å². The van der Waals surface area contributed by atoms with E-state index in [2.05, 4.69) is 15.7 Å². The van der Waals surface area contributed by atoms with Crippen molar-refractivity contribution in [2.45, 2.75) is 17.8 Å². The predicted octanol–water partition coefficient (Wildman–Crippen LogP) is 1.95. The number of halogens is 1. The largest absolute Gasteiger partial charge is 0.354 e. The van der Waals surface area contributed by atoms with Gasteiger partial charge in [0.25, 0.3) is 0 Å². The van der Waals surface area contributed by atoms with E-state index in [1.165, 1.54) is 14.2 Å². The summed E-state index contributed by atoms with van der Waals surface area (Å²) in [6.45, 7) is 0.0563. The van der Waals surface area contributed by atoms with Crippen molar-refractivity contribution in [2.24, 2.45) is 0 Å². The van der Waals surface area contributed by atoms with E-state index in [1.54, 1.807) is 34.6 Å². The number of methoxy groups -OCH3 is 2.